The third-order valence-corrected chi connectivity index (χ3v) is 4.45. The van der Waals surface area contributed by atoms with Crippen molar-refractivity contribution in [2.24, 2.45) is 0 Å². The Labute approximate surface area is 172 Å². The quantitative estimate of drug-likeness (QED) is 0.516. The van der Waals surface area contributed by atoms with Crippen molar-refractivity contribution in [2.75, 3.05) is 19.7 Å². The van der Waals surface area contributed by atoms with Gasteiger partial charge >= 0.3 is 0 Å². The molecule has 0 saturated heterocycles. The molecule has 0 heterocycles. The maximum Gasteiger partial charge on any atom is 0.127 e. The Bertz CT molecular complexity index is 760. The van der Waals surface area contributed by atoms with Gasteiger partial charge in [0.25, 0.3) is 0 Å². The molecule has 0 fully saturated rings. The second-order valence-electron chi connectivity index (χ2n) is 6.50. The number of hydrogen-bond acceptors (Lipinski definition) is 4. The molecule has 0 saturated carbocycles. The van der Waals surface area contributed by atoms with Gasteiger partial charge in [-0.25, -0.2) is 0 Å². The molecule has 0 aromatic heterocycles. The molecule has 5 heteroatoms. The van der Waals surface area contributed by atoms with E-state index in [2.05, 4.69) is 5.32 Å². The smallest absolute Gasteiger partial charge is 0.127 e. The zero-order chi connectivity index (χ0) is 19.0. The van der Waals surface area contributed by atoms with Gasteiger partial charge in [-0.1, -0.05) is 78.9 Å². The highest BCUT2D eigenvalue weighted by molar-refractivity contribution is 5.85. The van der Waals surface area contributed by atoms with Gasteiger partial charge in [-0.2, -0.15) is 0 Å². The van der Waals surface area contributed by atoms with Crippen LogP contribution in [-0.4, -0.2) is 36.0 Å². The summed E-state index contributed by atoms with van der Waals surface area (Å²) in [5.74, 6) is 0.724. The number of benzene rings is 3. The zero-order valence-corrected chi connectivity index (χ0v) is 16.4. The SMILES string of the molecule is Cl.O[C@@H](CNCC(O)(c1ccccc1)c1ccccc1)COc1ccccc1. The summed E-state index contributed by atoms with van der Waals surface area (Å²) in [6.07, 6.45) is -0.680. The fraction of sp³-hybridized carbons (Fsp3) is 0.217. The summed E-state index contributed by atoms with van der Waals surface area (Å²) in [4.78, 5) is 0. The first kappa shape index (κ1) is 21.9. The van der Waals surface area contributed by atoms with Gasteiger partial charge in [-0.15, -0.1) is 12.4 Å². The Kier molecular flexibility index (Phi) is 8.48. The van der Waals surface area contributed by atoms with E-state index >= 15 is 0 Å². The van der Waals surface area contributed by atoms with Crippen LogP contribution in [0.4, 0.5) is 0 Å². The Morgan fingerprint density at radius 2 is 1.25 bits per heavy atom. The van der Waals surface area contributed by atoms with Crippen LogP contribution >= 0.6 is 12.4 Å². The molecule has 0 aliphatic rings. The van der Waals surface area contributed by atoms with Gasteiger partial charge in [0.1, 0.15) is 24.1 Å². The minimum Gasteiger partial charge on any atom is -0.491 e. The van der Waals surface area contributed by atoms with E-state index in [1.54, 1.807) is 0 Å². The molecule has 3 N–H and O–H groups in total. The van der Waals surface area contributed by atoms with Gasteiger partial charge in [-0.3, -0.25) is 0 Å². The van der Waals surface area contributed by atoms with E-state index in [-0.39, 0.29) is 25.6 Å². The summed E-state index contributed by atoms with van der Waals surface area (Å²) >= 11 is 0. The molecule has 0 aliphatic carbocycles. The summed E-state index contributed by atoms with van der Waals surface area (Å²) in [6, 6.07) is 28.5. The van der Waals surface area contributed by atoms with E-state index in [4.69, 9.17) is 4.74 Å². The molecule has 0 amide bonds. The van der Waals surface area contributed by atoms with Crippen molar-refractivity contribution in [3.8, 4) is 5.75 Å². The molecule has 28 heavy (non-hydrogen) atoms. The van der Waals surface area contributed by atoms with E-state index in [9.17, 15) is 10.2 Å². The van der Waals surface area contributed by atoms with Gasteiger partial charge in [-0.05, 0) is 23.3 Å². The van der Waals surface area contributed by atoms with Crippen molar-refractivity contribution in [2.45, 2.75) is 11.7 Å². The number of halogens is 1. The van der Waals surface area contributed by atoms with Gasteiger partial charge in [0.05, 0.1) is 0 Å². The molecule has 0 unspecified atom stereocenters. The number of aliphatic hydroxyl groups excluding tert-OH is 1. The van der Waals surface area contributed by atoms with Crippen LogP contribution in [0.25, 0.3) is 0 Å². The van der Waals surface area contributed by atoms with E-state index in [0.29, 0.717) is 6.54 Å². The monoisotopic (exact) mass is 399 g/mol. The average molecular weight is 400 g/mol. The van der Waals surface area contributed by atoms with Gasteiger partial charge in [0, 0.05) is 13.1 Å². The van der Waals surface area contributed by atoms with Gasteiger partial charge < -0.3 is 20.3 Å². The lowest BCUT2D eigenvalue weighted by Crippen LogP contribution is -2.42. The second kappa shape index (κ2) is 10.8. The fourth-order valence-electron chi connectivity index (χ4n) is 2.99. The predicted molar refractivity (Wildman–Crippen MR) is 114 cm³/mol. The number of para-hydroxylation sites is 1. The summed E-state index contributed by atoms with van der Waals surface area (Å²) in [6.45, 7) is 0.782. The Morgan fingerprint density at radius 3 is 1.75 bits per heavy atom. The predicted octanol–water partition coefficient (Wildman–Crippen LogP) is 3.37. The Hall–Kier alpha value is -2.37. The molecule has 148 valence electrons. The third-order valence-electron chi connectivity index (χ3n) is 4.45. The molecule has 3 aromatic carbocycles. The molecule has 0 aliphatic heterocycles. The first-order valence-corrected chi connectivity index (χ1v) is 9.08. The highest BCUT2D eigenvalue weighted by atomic mass is 35.5. The van der Waals surface area contributed by atoms with Gasteiger partial charge in [0.2, 0.25) is 0 Å². The van der Waals surface area contributed by atoms with Crippen molar-refractivity contribution in [3.63, 3.8) is 0 Å². The first-order chi connectivity index (χ1) is 13.2. The van der Waals surface area contributed by atoms with Crippen molar-refractivity contribution in [1.29, 1.82) is 0 Å². The highest BCUT2D eigenvalue weighted by Gasteiger charge is 2.31. The minimum atomic E-state index is -1.18. The molecular weight excluding hydrogens is 374 g/mol. The average Bonchev–Trinajstić information content (AvgIpc) is 2.74. The molecule has 0 spiro atoms. The lowest BCUT2D eigenvalue weighted by Gasteiger charge is -2.30. The summed E-state index contributed by atoms with van der Waals surface area (Å²) in [5, 5.41) is 24.8. The summed E-state index contributed by atoms with van der Waals surface area (Å²) in [5.41, 5.74) is 0.431. The standard InChI is InChI=1S/C23H25NO3.ClH/c25-21(17-27-22-14-8-3-9-15-22)16-24-18-23(26,19-10-4-1-5-11-19)20-12-6-2-7-13-20;/h1-15,21,24-26H,16-18H2;1H/t21-;/m0./s1. The fourth-order valence-corrected chi connectivity index (χ4v) is 2.99. The van der Waals surface area contributed by atoms with Crippen molar-refractivity contribution in [1.82, 2.24) is 5.32 Å². The topological polar surface area (TPSA) is 61.7 Å². The maximum atomic E-state index is 11.4. The van der Waals surface area contributed by atoms with E-state index < -0.39 is 11.7 Å². The zero-order valence-electron chi connectivity index (χ0n) is 15.6. The van der Waals surface area contributed by atoms with Crippen LogP contribution in [-0.2, 0) is 5.60 Å². The molecular formula is C23H26ClNO3. The molecule has 4 nitrogen and oxygen atoms in total. The first-order valence-electron chi connectivity index (χ1n) is 9.08. The minimum absolute atomic E-state index is 0. The van der Waals surface area contributed by atoms with Crippen LogP contribution in [0.3, 0.4) is 0 Å². The molecule has 1 atom stereocenters. The maximum absolute atomic E-state index is 11.4. The Balaban J connectivity index is 0.00000280. The number of hydrogen-bond donors (Lipinski definition) is 3. The number of ether oxygens (including phenoxy) is 1. The molecule has 3 aromatic rings. The van der Waals surface area contributed by atoms with Crippen LogP contribution < -0.4 is 10.1 Å². The number of aliphatic hydroxyl groups is 2. The van der Waals surface area contributed by atoms with Crippen LogP contribution in [0.5, 0.6) is 5.75 Å². The largest absolute Gasteiger partial charge is 0.491 e. The van der Waals surface area contributed by atoms with Gasteiger partial charge in [0.15, 0.2) is 0 Å². The summed E-state index contributed by atoms with van der Waals surface area (Å²) in [7, 11) is 0. The Morgan fingerprint density at radius 1 is 0.786 bits per heavy atom. The molecule has 0 radical (unpaired) electrons. The van der Waals surface area contributed by atoms with Crippen molar-refractivity contribution in [3.05, 3.63) is 102 Å². The summed E-state index contributed by atoms with van der Waals surface area (Å²) < 4.78 is 5.57. The van der Waals surface area contributed by atoms with Crippen molar-refractivity contribution < 1.29 is 14.9 Å². The lowest BCUT2D eigenvalue weighted by atomic mass is 9.86. The van der Waals surface area contributed by atoms with E-state index in [1.165, 1.54) is 0 Å². The highest BCUT2D eigenvalue weighted by Crippen LogP contribution is 2.28. The second-order valence-corrected chi connectivity index (χ2v) is 6.50. The van der Waals surface area contributed by atoms with Crippen molar-refractivity contribution >= 4 is 12.4 Å². The van der Waals surface area contributed by atoms with Crippen LogP contribution in [0.2, 0.25) is 0 Å². The number of rotatable bonds is 9. The van der Waals surface area contributed by atoms with E-state index in [0.717, 1.165) is 16.9 Å². The lowest BCUT2D eigenvalue weighted by molar-refractivity contribution is 0.0663. The van der Waals surface area contributed by atoms with Crippen LogP contribution in [0, 0.1) is 0 Å². The van der Waals surface area contributed by atoms with Crippen LogP contribution in [0.1, 0.15) is 11.1 Å². The third kappa shape index (κ3) is 5.81. The molecule has 3 rings (SSSR count). The normalized spacial score (nSPS) is 12.1. The number of nitrogens with one attached hydrogen (secondary N) is 1. The molecule has 0 bridgehead atoms. The van der Waals surface area contributed by atoms with Crippen LogP contribution in [0.15, 0.2) is 91.0 Å². The van der Waals surface area contributed by atoms with E-state index in [1.807, 2.05) is 91.0 Å².